The maximum atomic E-state index is 12.4. The van der Waals surface area contributed by atoms with Crippen LogP contribution in [0.25, 0.3) is 6.08 Å². The van der Waals surface area contributed by atoms with Crippen molar-refractivity contribution in [3.05, 3.63) is 70.6 Å². The summed E-state index contributed by atoms with van der Waals surface area (Å²) in [6.07, 6.45) is 2.15. The molecule has 1 fully saturated rings. The summed E-state index contributed by atoms with van der Waals surface area (Å²) in [5.41, 5.74) is 2.08. The van der Waals surface area contributed by atoms with E-state index in [4.69, 9.17) is 9.47 Å². The Morgan fingerprint density at radius 3 is 2.48 bits per heavy atom. The lowest BCUT2D eigenvalue weighted by molar-refractivity contribution is -0.113. The fraction of sp³-hybridized carbons (Fsp3) is 0.304. The minimum Gasteiger partial charge on any atom is -0.489 e. The van der Waals surface area contributed by atoms with Crippen LogP contribution in [-0.4, -0.2) is 41.3 Å². The molecule has 0 aliphatic carbocycles. The van der Waals surface area contributed by atoms with E-state index in [0.717, 1.165) is 35.1 Å². The van der Waals surface area contributed by atoms with Crippen LogP contribution in [0.2, 0.25) is 0 Å². The maximum Gasteiger partial charge on any atom is 0.286 e. The molecule has 2 atom stereocenters. The van der Waals surface area contributed by atoms with E-state index in [-0.39, 0.29) is 18.1 Å². The molecule has 5 nitrogen and oxygen atoms in total. The van der Waals surface area contributed by atoms with Crippen LogP contribution in [-0.2, 0) is 16.1 Å². The van der Waals surface area contributed by atoms with Crippen LogP contribution in [0, 0.1) is 0 Å². The summed E-state index contributed by atoms with van der Waals surface area (Å²) in [5.74, 6) is 0.621. The summed E-state index contributed by atoms with van der Waals surface area (Å²) in [6, 6.07) is 17.8. The number of rotatable bonds is 4. The summed E-state index contributed by atoms with van der Waals surface area (Å²) in [7, 11) is 0. The van der Waals surface area contributed by atoms with E-state index in [0.29, 0.717) is 11.5 Å². The third kappa shape index (κ3) is 5.08. The molecule has 2 aliphatic heterocycles. The third-order valence-corrected chi connectivity index (χ3v) is 5.77. The number of morpholine rings is 1. The van der Waals surface area contributed by atoms with Gasteiger partial charge in [-0.15, -0.1) is 0 Å². The second-order valence-electron chi connectivity index (χ2n) is 7.32. The normalized spacial score (nSPS) is 23.4. The second-order valence-corrected chi connectivity index (χ2v) is 8.32. The van der Waals surface area contributed by atoms with Crippen molar-refractivity contribution < 1.29 is 14.3 Å². The van der Waals surface area contributed by atoms with Gasteiger partial charge in [-0.05, 0) is 54.9 Å². The smallest absolute Gasteiger partial charge is 0.286 e. The molecule has 6 heteroatoms. The van der Waals surface area contributed by atoms with Gasteiger partial charge in [0.25, 0.3) is 5.91 Å². The predicted molar refractivity (Wildman–Crippen MR) is 117 cm³/mol. The Labute approximate surface area is 175 Å². The molecule has 2 aromatic rings. The average molecular weight is 409 g/mol. The molecule has 0 spiro atoms. The fourth-order valence-corrected chi connectivity index (χ4v) is 4.35. The number of hydrogen-bond donors (Lipinski definition) is 0. The highest BCUT2D eigenvalue weighted by Gasteiger charge is 2.30. The van der Waals surface area contributed by atoms with Gasteiger partial charge in [0.15, 0.2) is 5.17 Å². The Morgan fingerprint density at radius 2 is 1.79 bits per heavy atom. The summed E-state index contributed by atoms with van der Waals surface area (Å²) in [6.45, 7) is 6.13. The van der Waals surface area contributed by atoms with E-state index in [9.17, 15) is 4.79 Å². The maximum absolute atomic E-state index is 12.4. The van der Waals surface area contributed by atoms with Gasteiger partial charge in [0.2, 0.25) is 0 Å². The van der Waals surface area contributed by atoms with Gasteiger partial charge in [0.1, 0.15) is 12.4 Å². The Balaban J connectivity index is 1.37. The molecule has 4 rings (SSSR count). The zero-order valence-corrected chi connectivity index (χ0v) is 17.4. The molecule has 0 unspecified atom stereocenters. The Bertz CT molecular complexity index is 915. The van der Waals surface area contributed by atoms with E-state index >= 15 is 0 Å². The second kappa shape index (κ2) is 8.84. The zero-order valence-electron chi connectivity index (χ0n) is 16.6. The number of aliphatic imine (C=N–C) groups is 1. The molecule has 0 saturated carbocycles. The van der Waals surface area contributed by atoms with Crippen molar-refractivity contribution in [2.24, 2.45) is 4.99 Å². The number of carbonyl (C=O) groups excluding carboxylic acids is 1. The number of hydrogen-bond acceptors (Lipinski definition) is 5. The highest BCUT2D eigenvalue weighted by atomic mass is 32.2. The SMILES string of the molecule is C[C@@H]1CN(C2=NC(=O)/C(=C\c3ccc(OCc4ccccc4)cc3)S2)C[C@H](C)O1. The van der Waals surface area contributed by atoms with Crippen molar-refractivity contribution in [3.8, 4) is 5.75 Å². The van der Waals surface area contributed by atoms with Crippen molar-refractivity contribution >= 4 is 28.9 Å². The van der Waals surface area contributed by atoms with E-state index in [1.165, 1.54) is 11.8 Å². The topological polar surface area (TPSA) is 51.1 Å². The fourth-order valence-electron chi connectivity index (χ4n) is 3.42. The molecule has 2 aliphatic rings. The average Bonchev–Trinajstić information content (AvgIpc) is 3.08. The lowest BCUT2D eigenvalue weighted by Crippen LogP contribution is -2.47. The molecule has 29 heavy (non-hydrogen) atoms. The van der Waals surface area contributed by atoms with Gasteiger partial charge in [0, 0.05) is 13.1 Å². The molecule has 2 aromatic carbocycles. The van der Waals surface area contributed by atoms with Crippen molar-refractivity contribution in [1.82, 2.24) is 4.90 Å². The summed E-state index contributed by atoms with van der Waals surface area (Å²) in [4.78, 5) is 19.4. The highest BCUT2D eigenvalue weighted by Crippen LogP contribution is 2.31. The standard InChI is InChI=1S/C23H24N2O3S/c1-16-13-25(14-17(2)28-16)23-24-22(26)21(29-23)12-18-8-10-20(11-9-18)27-15-19-6-4-3-5-7-19/h3-12,16-17H,13-15H2,1-2H3/b21-12+/t16-,17+. The Morgan fingerprint density at radius 1 is 1.10 bits per heavy atom. The first-order valence-corrected chi connectivity index (χ1v) is 10.6. The van der Waals surface area contributed by atoms with Gasteiger partial charge in [-0.1, -0.05) is 42.5 Å². The van der Waals surface area contributed by atoms with Crippen molar-refractivity contribution in [2.75, 3.05) is 13.1 Å². The van der Waals surface area contributed by atoms with Crippen LogP contribution >= 0.6 is 11.8 Å². The third-order valence-electron chi connectivity index (χ3n) is 4.73. The van der Waals surface area contributed by atoms with Gasteiger partial charge >= 0.3 is 0 Å². The molecule has 0 bridgehead atoms. The van der Waals surface area contributed by atoms with Crippen LogP contribution in [0.4, 0.5) is 0 Å². The summed E-state index contributed by atoms with van der Waals surface area (Å²) < 4.78 is 11.6. The van der Waals surface area contributed by atoms with Crippen molar-refractivity contribution in [3.63, 3.8) is 0 Å². The first-order chi connectivity index (χ1) is 14.1. The lowest BCUT2D eigenvalue weighted by atomic mass is 10.2. The molecular weight excluding hydrogens is 384 g/mol. The first kappa shape index (κ1) is 19.7. The molecule has 0 radical (unpaired) electrons. The number of benzene rings is 2. The molecule has 0 aromatic heterocycles. The largest absolute Gasteiger partial charge is 0.489 e. The van der Waals surface area contributed by atoms with Crippen LogP contribution in [0.15, 0.2) is 64.5 Å². The molecule has 150 valence electrons. The molecular formula is C23H24N2O3S. The predicted octanol–water partition coefficient (Wildman–Crippen LogP) is 4.35. The van der Waals surface area contributed by atoms with E-state index in [1.54, 1.807) is 0 Å². The van der Waals surface area contributed by atoms with E-state index in [2.05, 4.69) is 9.89 Å². The van der Waals surface area contributed by atoms with Gasteiger partial charge in [0.05, 0.1) is 17.1 Å². The quantitative estimate of drug-likeness (QED) is 0.704. The number of nitrogens with zero attached hydrogens (tertiary/aromatic N) is 2. The van der Waals surface area contributed by atoms with Crippen LogP contribution in [0.3, 0.4) is 0 Å². The van der Waals surface area contributed by atoms with Crippen LogP contribution < -0.4 is 4.74 Å². The first-order valence-electron chi connectivity index (χ1n) is 9.76. The highest BCUT2D eigenvalue weighted by molar-refractivity contribution is 8.18. The molecule has 1 saturated heterocycles. The molecule has 1 amide bonds. The van der Waals surface area contributed by atoms with Gasteiger partial charge < -0.3 is 14.4 Å². The van der Waals surface area contributed by atoms with Crippen LogP contribution in [0.1, 0.15) is 25.0 Å². The number of ether oxygens (including phenoxy) is 2. The zero-order chi connectivity index (χ0) is 20.2. The van der Waals surface area contributed by atoms with Gasteiger partial charge in [-0.25, -0.2) is 0 Å². The molecule has 0 N–H and O–H groups in total. The number of carbonyl (C=O) groups is 1. The van der Waals surface area contributed by atoms with E-state index < -0.39 is 0 Å². The van der Waals surface area contributed by atoms with Crippen molar-refractivity contribution in [2.45, 2.75) is 32.7 Å². The monoisotopic (exact) mass is 408 g/mol. The minimum absolute atomic E-state index is 0.133. The van der Waals surface area contributed by atoms with E-state index in [1.807, 2.05) is 74.5 Å². The summed E-state index contributed by atoms with van der Waals surface area (Å²) in [5, 5.41) is 0.770. The Hall–Kier alpha value is -2.57. The summed E-state index contributed by atoms with van der Waals surface area (Å²) >= 11 is 1.44. The van der Waals surface area contributed by atoms with Crippen LogP contribution in [0.5, 0.6) is 5.75 Å². The molecule has 2 heterocycles. The Kier molecular flexibility index (Phi) is 6.02. The number of thioether (sulfide) groups is 1. The van der Waals surface area contributed by atoms with Gasteiger partial charge in [-0.3, -0.25) is 4.79 Å². The number of amidine groups is 1. The van der Waals surface area contributed by atoms with Gasteiger partial charge in [-0.2, -0.15) is 4.99 Å². The van der Waals surface area contributed by atoms with Crippen molar-refractivity contribution in [1.29, 1.82) is 0 Å². The minimum atomic E-state index is -0.179. The lowest BCUT2D eigenvalue weighted by Gasteiger charge is -2.35. The number of amides is 1.